The van der Waals surface area contributed by atoms with Gasteiger partial charge in [-0.3, -0.25) is 9.88 Å². The lowest BCUT2D eigenvalue weighted by Crippen LogP contribution is -2.53. The van der Waals surface area contributed by atoms with Crippen LogP contribution in [0.25, 0.3) is 0 Å². The van der Waals surface area contributed by atoms with E-state index in [1.165, 1.54) is 0 Å². The third-order valence-corrected chi connectivity index (χ3v) is 3.82. The molecule has 0 bridgehead atoms. The van der Waals surface area contributed by atoms with Crippen molar-refractivity contribution in [1.82, 2.24) is 14.9 Å². The zero-order chi connectivity index (χ0) is 15.0. The summed E-state index contributed by atoms with van der Waals surface area (Å²) in [4.78, 5) is 13.5. The van der Waals surface area contributed by atoms with Crippen LogP contribution in [0.4, 0.5) is 5.82 Å². The van der Waals surface area contributed by atoms with Crippen LogP contribution in [-0.2, 0) is 5.60 Å². The summed E-state index contributed by atoms with van der Waals surface area (Å²) in [5, 5.41) is 9.89. The first-order valence-electron chi connectivity index (χ1n) is 7.23. The SMILES string of the molecule is CC(C)(O)c1cnc(N2CCN(C(C)(C)C)CC2)cn1. The Balaban J connectivity index is 2.01. The number of rotatable bonds is 2. The maximum atomic E-state index is 9.89. The molecule has 1 fully saturated rings. The minimum atomic E-state index is -0.934. The Morgan fingerprint density at radius 2 is 1.55 bits per heavy atom. The smallest absolute Gasteiger partial charge is 0.147 e. The van der Waals surface area contributed by atoms with Crippen LogP contribution in [-0.4, -0.2) is 51.7 Å². The normalized spacial score (nSPS) is 18.4. The molecule has 0 unspecified atom stereocenters. The van der Waals surface area contributed by atoms with E-state index in [-0.39, 0.29) is 5.54 Å². The number of piperazine rings is 1. The summed E-state index contributed by atoms with van der Waals surface area (Å²) in [5.74, 6) is 0.895. The molecule has 1 aliphatic rings. The molecule has 0 atom stereocenters. The Bertz CT molecular complexity index is 436. The highest BCUT2D eigenvalue weighted by Gasteiger charge is 2.26. The zero-order valence-electron chi connectivity index (χ0n) is 13.2. The zero-order valence-corrected chi connectivity index (χ0v) is 13.2. The number of hydrogen-bond acceptors (Lipinski definition) is 5. The van der Waals surface area contributed by atoms with Crippen molar-refractivity contribution in [3.8, 4) is 0 Å². The van der Waals surface area contributed by atoms with Gasteiger partial charge in [-0.2, -0.15) is 0 Å². The summed E-state index contributed by atoms with van der Waals surface area (Å²) in [6.45, 7) is 14.2. The van der Waals surface area contributed by atoms with Crippen molar-refractivity contribution >= 4 is 5.82 Å². The minimum absolute atomic E-state index is 0.225. The lowest BCUT2D eigenvalue weighted by molar-refractivity contribution is 0.0734. The highest BCUT2D eigenvalue weighted by Crippen LogP contribution is 2.21. The van der Waals surface area contributed by atoms with E-state index < -0.39 is 5.60 Å². The molecule has 2 rings (SSSR count). The second kappa shape index (κ2) is 5.30. The molecule has 5 heteroatoms. The molecule has 112 valence electrons. The molecule has 1 aromatic rings. The summed E-state index contributed by atoms with van der Waals surface area (Å²) in [5.41, 5.74) is -0.103. The fourth-order valence-electron chi connectivity index (χ4n) is 2.41. The largest absolute Gasteiger partial charge is 0.384 e. The lowest BCUT2D eigenvalue weighted by atomic mass is 10.0. The molecule has 0 spiro atoms. The van der Waals surface area contributed by atoms with Crippen molar-refractivity contribution in [1.29, 1.82) is 0 Å². The Labute approximate surface area is 121 Å². The summed E-state index contributed by atoms with van der Waals surface area (Å²) in [7, 11) is 0. The van der Waals surface area contributed by atoms with Crippen molar-refractivity contribution in [3.63, 3.8) is 0 Å². The van der Waals surface area contributed by atoms with E-state index in [9.17, 15) is 5.11 Å². The molecule has 0 amide bonds. The van der Waals surface area contributed by atoms with Gasteiger partial charge in [-0.15, -0.1) is 0 Å². The van der Waals surface area contributed by atoms with Gasteiger partial charge in [-0.05, 0) is 34.6 Å². The molecule has 1 N–H and O–H groups in total. The molecule has 1 aliphatic heterocycles. The Hall–Kier alpha value is -1.20. The molecule has 1 aromatic heterocycles. The minimum Gasteiger partial charge on any atom is -0.384 e. The quantitative estimate of drug-likeness (QED) is 0.891. The molecule has 0 radical (unpaired) electrons. The molecule has 0 saturated carbocycles. The standard InChI is InChI=1S/C15H26N4O/c1-14(2,3)19-8-6-18(7-9-19)13-11-16-12(10-17-13)15(4,5)20/h10-11,20H,6-9H2,1-5H3. The van der Waals surface area contributed by atoms with Gasteiger partial charge in [0.2, 0.25) is 0 Å². The van der Waals surface area contributed by atoms with Crippen LogP contribution in [0.2, 0.25) is 0 Å². The number of aromatic nitrogens is 2. The van der Waals surface area contributed by atoms with E-state index in [2.05, 4.69) is 40.5 Å². The molecule has 2 heterocycles. The number of anilines is 1. The monoisotopic (exact) mass is 278 g/mol. The first-order valence-corrected chi connectivity index (χ1v) is 7.23. The van der Waals surface area contributed by atoms with Crippen LogP contribution < -0.4 is 4.90 Å². The Morgan fingerprint density at radius 1 is 0.950 bits per heavy atom. The molecule has 0 aliphatic carbocycles. The summed E-state index contributed by atoms with van der Waals surface area (Å²) in [6.07, 6.45) is 3.44. The molecule has 20 heavy (non-hydrogen) atoms. The van der Waals surface area contributed by atoms with Gasteiger partial charge in [-0.25, -0.2) is 4.98 Å². The fourth-order valence-corrected chi connectivity index (χ4v) is 2.41. The van der Waals surface area contributed by atoms with Crippen molar-refractivity contribution in [2.45, 2.75) is 45.8 Å². The van der Waals surface area contributed by atoms with E-state index in [1.807, 2.05) is 0 Å². The lowest BCUT2D eigenvalue weighted by Gasteiger charge is -2.42. The van der Waals surface area contributed by atoms with Crippen molar-refractivity contribution in [2.75, 3.05) is 31.1 Å². The van der Waals surface area contributed by atoms with E-state index in [0.717, 1.165) is 32.0 Å². The number of nitrogens with zero attached hydrogens (tertiary/aromatic N) is 4. The predicted molar refractivity (Wildman–Crippen MR) is 80.8 cm³/mol. The van der Waals surface area contributed by atoms with E-state index >= 15 is 0 Å². The Kier molecular flexibility index (Phi) is 4.02. The topological polar surface area (TPSA) is 52.5 Å². The summed E-state index contributed by atoms with van der Waals surface area (Å²) in [6, 6.07) is 0. The summed E-state index contributed by atoms with van der Waals surface area (Å²) < 4.78 is 0. The van der Waals surface area contributed by atoms with Gasteiger partial charge >= 0.3 is 0 Å². The summed E-state index contributed by atoms with van der Waals surface area (Å²) >= 11 is 0. The molecule has 5 nitrogen and oxygen atoms in total. The van der Waals surface area contributed by atoms with Crippen LogP contribution in [0.1, 0.15) is 40.3 Å². The molecule has 0 aromatic carbocycles. The van der Waals surface area contributed by atoms with Crippen LogP contribution in [0, 0.1) is 0 Å². The molecular weight excluding hydrogens is 252 g/mol. The maximum absolute atomic E-state index is 9.89. The first kappa shape index (κ1) is 15.2. The molecular formula is C15H26N4O. The molecule has 1 saturated heterocycles. The number of aliphatic hydroxyl groups is 1. The second-order valence-corrected chi connectivity index (χ2v) is 6.96. The average Bonchev–Trinajstić information content (AvgIpc) is 2.37. The highest BCUT2D eigenvalue weighted by molar-refractivity contribution is 5.37. The van der Waals surface area contributed by atoms with Crippen LogP contribution in [0.5, 0.6) is 0 Å². The van der Waals surface area contributed by atoms with E-state index in [0.29, 0.717) is 5.69 Å². The van der Waals surface area contributed by atoms with Gasteiger partial charge in [-0.1, -0.05) is 0 Å². The van der Waals surface area contributed by atoms with Gasteiger partial charge in [0, 0.05) is 31.7 Å². The van der Waals surface area contributed by atoms with E-state index in [1.54, 1.807) is 26.2 Å². The Morgan fingerprint density at radius 3 is 1.95 bits per heavy atom. The van der Waals surface area contributed by atoms with Crippen LogP contribution in [0.15, 0.2) is 12.4 Å². The fraction of sp³-hybridized carbons (Fsp3) is 0.733. The van der Waals surface area contributed by atoms with E-state index in [4.69, 9.17) is 0 Å². The van der Waals surface area contributed by atoms with Crippen LogP contribution in [0.3, 0.4) is 0 Å². The van der Waals surface area contributed by atoms with Crippen molar-refractivity contribution in [3.05, 3.63) is 18.1 Å². The third-order valence-electron chi connectivity index (χ3n) is 3.82. The number of hydrogen-bond donors (Lipinski definition) is 1. The van der Waals surface area contributed by atoms with Crippen molar-refractivity contribution in [2.24, 2.45) is 0 Å². The maximum Gasteiger partial charge on any atom is 0.147 e. The van der Waals surface area contributed by atoms with Gasteiger partial charge < -0.3 is 10.0 Å². The van der Waals surface area contributed by atoms with Gasteiger partial charge in [0.25, 0.3) is 0 Å². The van der Waals surface area contributed by atoms with Gasteiger partial charge in [0.1, 0.15) is 11.4 Å². The third kappa shape index (κ3) is 3.46. The predicted octanol–water partition coefficient (Wildman–Crippen LogP) is 1.62. The van der Waals surface area contributed by atoms with Gasteiger partial charge in [0.05, 0.1) is 18.1 Å². The van der Waals surface area contributed by atoms with Crippen LogP contribution >= 0.6 is 0 Å². The second-order valence-electron chi connectivity index (χ2n) is 6.96. The average molecular weight is 278 g/mol. The first-order chi connectivity index (χ1) is 9.18. The van der Waals surface area contributed by atoms with Crippen molar-refractivity contribution < 1.29 is 5.11 Å². The van der Waals surface area contributed by atoms with Gasteiger partial charge in [0.15, 0.2) is 0 Å². The highest BCUT2D eigenvalue weighted by atomic mass is 16.3.